The number of carboxylic acids is 1. The smallest absolute Gasteiger partial charge is 0.336 e. The van der Waals surface area contributed by atoms with Crippen LogP contribution in [0.1, 0.15) is 10.4 Å². The normalized spacial score (nSPS) is 10.7. The van der Waals surface area contributed by atoms with E-state index < -0.39 is 5.97 Å². The summed E-state index contributed by atoms with van der Waals surface area (Å²) in [6.07, 6.45) is 0. The minimum Gasteiger partial charge on any atom is -0.478 e. The van der Waals surface area contributed by atoms with Crippen LogP contribution >= 0.6 is 39.9 Å². The van der Waals surface area contributed by atoms with E-state index in [1.807, 2.05) is 11.4 Å². The van der Waals surface area contributed by atoms with Gasteiger partial charge in [0.05, 0.1) is 5.56 Å². The van der Waals surface area contributed by atoms with E-state index >= 15 is 0 Å². The van der Waals surface area contributed by atoms with Crippen molar-refractivity contribution in [3.63, 3.8) is 0 Å². The Labute approximate surface area is 98.1 Å². The highest BCUT2D eigenvalue weighted by Gasteiger charge is 2.14. The van der Waals surface area contributed by atoms with Gasteiger partial charge in [0.2, 0.25) is 0 Å². The van der Waals surface area contributed by atoms with Crippen LogP contribution < -0.4 is 0 Å². The van der Waals surface area contributed by atoms with E-state index in [1.165, 1.54) is 11.3 Å². The topological polar surface area (TPSA) is 37.3 Å². The van der Waals surface area contributed by atoms with Crippen LogP contribution in [0.15, 0.2) is 26.9 Å². The molecule has 0 atom stereocenters. The maximum atomic E-state index is 10.9. The summed E-state index contributed by atoms with van der Waals surface area (Å²) in [6, 6.07) is 3.59. The minimum absolute atomic E-state index is 0.255. The first-order valence-corrected chi connectivity index (χ1v) is 5.85. The summed E-state index contributed by atoms with van der Waals surface area (Å²) in [5.41, 5.74) is 0.255. The summed E-state index contributed by atoms with van der Waals surface area (Å²) in [7, 11) is 0. The number of thiophene rings is 1. The predicted octanol–water partition coefficient (Wildman–Crippen LogP) is 3.65. The molecule has 1 heterocycles. The largest absolute Gasteiger partial charge is 0.478 e. The maximum Gasteiger partial charge on any atom is 0.336 e. The van der Waals surface area contributed by atoms with Crippen LogP contribution in [0.4, 0.5) is 0 Å². The molecule has 0 aliphatic heterocycles. The second kappa shape index (κ2) is 3.56. The lowest BCUT2D eigenvalue weighted by molar-refractivity contribution is 0.0696. The number of aromatic carboxylic acids is 1. The first-order valence-electron chi connectivity index (χ1n) is 3.73. The molecule has 2 aromatic rings. The molecular formula is C9H5BrO2S2. The number of carboxylic acid groups (broad SMARTS) is 1. The number of thiol groups is 1. The molecule has 72 valence electrons. The van der Waals surface area contributed by atoms with Crippen molar-refractivity contribution in [1.82, 2.24) is 0 Å². The van der Waals surface area contributed by atoms with Crippen molar-refractivity contribution in [1.29, 1.82) is 0 Å². The van der Waals surface area contributed by atoms with E-state index in [4.69, 9.17) is 5.11 Å². The Kier molecular flexibility index (Phi) is 2.55. The summed E-state index contributed by atoms with van der Waals surface area (Å²) in [6.45, 7) is 0. The fourth-order valence-electron chi connectivity index (χ4n) is 1.22. The predicted molar refractivity (Wildman–Crippen MR) is 63.7 cm³/mol. The molecule has 1 aromatic heterocycles. The Hall–Kier alpha value is -0.520. The number of hydrogen-bond donors (Lipinski definition) is 2. The third kappa shape index (κ3) is 1.45. The summed E-state index contributed by atoms with van der Waals surface area (Å²) < 4.78 is 1.48. The average molecular weight is 289 g/mol. The van der Waals surface area contributed by atoms with E-state index in [1.54, 1.807) is 6.07 Å². The molecule has 0 radical (unpaired) electrons. The number of hydrogen-bond acceptors (Lipinski definition) is 3. The highest BCUT2D eigenvalue weighted by Crippen LogP contribution is 2.35. The van der Waals surface area contributed by atoms with Crippen LogP contribution in [0.25, 0.3) is 10.1 Å². The minimum atomic E-state index is -0.942. The molecule has 2 rings (SSSR count). The zero-order valence-electron chi connectivity index (χ0n) is 6.82. The Balaban J connectivity index is 2.87. The molecule has 0 spiro atoms. The number of rotatable bonds is 1. The van der Waals surface area contributed by atoms with E-state index in [9.17, 15) is 4.79 Å². The fraction of sp³-hybridized carbons (Fsp3) is 0. The molecule has 1 aromatic carbocycles. The third-order valence-corrected chi connectivity index (χ3v) is 4.36. The van der Waals surface area contributed by atoms with Crippen LogP contribution in [0.3, 0.4) is 0 Å². The fourth-order valence-corrected chi connectivity index (χ4v) is 2.95. The molecule has 14 heavy (non-hydrogen) atoms. The summed E-state index contributed by atoms with van der Waals surface area (Å²) in [5.74, 6) is -0.942. The molecule has 0 saturated carbocycles. The highest BCUT2D eigenvalue weighted by molar-refractivity contribution is 9.10. The van der Waals surface area contributed by atoms with Gasteiger partial charge < -0.3 is 5.11 Å². The summed E-state index contributed by atoms with van der Waals surface area (Å²) in [5, 5.41) is 11.8. The second-order valence-corrected chi connectivity index (χ2v) is 4.91. The van der Waals surface area contributed by atoms with Crippen molar-refractivity contribution in [3.05, 3.63) is 27.5 Å². The van der Waals surface area contributed by atoms with Crippen molar-refractivity contribution in [2.24, 2.45) is 0 Å². The lowest BCUT2D eigenvalue weighted by Crippen LogP contribution is -1.97. The Morgan fingerprint density at radius 1 is 1.57 bits per heavy atom. The van der Waals surface area contributed by atoms with Gasteiger partial charge in [0.1, 0.15) is 0 Å². The number of carbonyl (C=O) groups is 1. The van der Waals surface area contributed by atoms with Gasteiger partial charge in [-0.1, -0.05) is 0 Å². The molecule has 0 amide bonds. The van der Waals surface area contributed by atoms with Gasteiger partial charge in [-0.25, -0.2) is 4.79 Å². The molecule has 0 aliphatic carbocycles. The zero-order valence-corrected chi connectivity index (χ0v) is 10.1. The molecule has 0 unspecified atom stereocenters. The third-order valence-electron chi connectivity index (χ3n) is 1.90. The van der Waals surface area contributed by atoms with Gasteiger partial charge in [-0.2, -0.15) is 0 Å². The van der Waals surface area contributed by atoms with Gasteiger partial charge in [-0.15, -0.1) is 24.0 Å². The molecule has 5 heteroatoms. The van der Waals surface area contributed by atoms with Gasteiger partial charge in [0.25, 0.3) is 0 Å². The van der Waals surface area contributed by atoms with Crippen LogP contribution in [-0.2, 0) is 0 Å². The van der Waals surface area contributed by atoms with Gasteiger partial charge in [-0.05, 0) is 33.4 Å². The molecule has 0 bridgehead atoms. The Bertz CT molecular complexity index is 519. The maximum absolute atomic E-state index is 10.9. The second-order valence-electron chi connectivity index (χ2n) is 2.72. The SMILES string of the molecule is O=C(O)c1cc2sccc2c(S)c1Br. The van der Waals surface area contributed by atoms with E-state index in [2.05, 4.69) is 28.6 Å². The monoisotopic (exact) mass is 288 g/mol. The molecule has 0 aliphatic rings. The molecule has 2 nitrogen and oxygen atoms in total. The number of halogens is 1. The first-order chi connectivity index (χ1) is 6.61. The molecular weight excluding hydrogens is 284 g/mol. The van der Waals surface area contributed by atoms with Gasteiger partial charge in [0, 0.05) is 19.5 Å². The van der Waals surface area contributed by atoms with Crippen molar-refractivity contribution in [2.45, 2.75) is 4.90 Å². The Morgan fingerprint density at radius 3 is 2.93 bits per heavy atom. The van der Waals surface area contributed by atoms with Crippen LogP contribution in [0.5, 0.6) is 0 Å². The van der Waals surface area contributed by atoms with Crippen LogP contribution in [-0.4, -0.2) is 11.1 Å². The average Bonchev–Trinajstić information content (AvgIpc) is 2.58. The van der Waals surface area contributed by atoms with E-state index in [-0.39, 0.29) is 5.56 Å². The molecule has 0 saturated heterocycles. The first kappa shape index (κ1) is 10.0. The van der Waals surface area contributed by atoms with Gasteiger partial charge in [-0.3, -0.25) is 0 Å². The summed E-state index contributed by atoms with van der Waals surface area (Å²) >= 11 is 9.03. The summed E-state index contributed by atoms with van der Waals surface area (Å²) in [4.78, 5) is 11.6. The van der Waals surface area contributed by atoms with Crippen molar-refractivity contribution in [3.8, 4) is 0 Å². The highest BCUT2D eigenvalue weighted by atomic mass is 79.9. The number of benzene rings is 1. The van der Waals surface area contributed by atoms with Crippen LogP contribution in [0, 0.1) is 0 Å². The van der Waals surface area contributed by atoms with Gasteiger partial charge in [0.15, 0.2) is 0 Å². The lowest BCUT2D eigenvalue weighted by Gasteiger charge is -2.03. The molecule has 0 fully saturated rings. The van der Waals surface area contributed by atoms with Crippen LogP contribution in [0.2, 0.25) is 0 Å². The van der Waals surface area contributed by atoms with Gasteiger partial charge >= 0.3 is 5.97 Å². The van der Waals surface area contributed by atoms with E-state index in [0.29, 0.717) is 9.37 Å². The Morgan fingerprint density at radius 2 is 2.29 bits per heavy atom. The number of fused-ring (bicyclic) bond motifs is 1. The van der Waals surface area contributed by atoms with E-state index in [0.717, 1.165) is 10.1 Å². The quantitative estimate of drug-likeness (QED) is 0.786. The standard InChI is InChI=1S/C9H5BrO2S2/c10-7-5(9(11)12)3-6-4(8(7)13)1-2-14-6/h1-3,13H,(H,11,12). The van der Waals surface area contributed by atoms with Crippen molar-refractivity contribution >= 4 is 56.0 Å². The lowest BCUT2D eigenvalue weighted by atomic mass is 10.2. The zero-order chi connectivity index (χ0) is 10.3. The van der Waals surface area contributed by atoms with Crippen molar-refractivity contribution in [2.75, 3.05) is 0 Å². The molecule has 1 N–H and O–H groups in total. The van der Waals surface area contributed by atoms with Crippen molar-refractivity contribution < 1.29 is 9.90 Å².